The van der Waals surface area contributed by atoms with Gasteiger partial charge in [0.25, 0.3) is 0 Å². The van der Waals surface area contributed by atoms with Gasteiger partial charge in [0.15, 0.2) is 5.78 Å². The van der Waals surface area contributed by atoms with Crippen LogP contribution in [-0.2, 0) is 11.2 Å². The molecule has 1 aliphatic heterocycles. The lowest BCUT2D eigenvalue weighted by atomic mass is 10.0. The predicted octanol–water partition coefficient (Wildman–Crippen LogP) is 1.26. The number of hydrogen-bond acceptors (Lipinski definition) is 4. The van der Waals surface area contributed by atoms with Crippen LogP contribution in [0.3, 0.4) is 0 Å². The standard InChI is InChI=1S/C16H22N2O3/c1-12(19)13-4-5-15(21-2)14(10-13)11-16(20)18-8-3-6-17-7-9-18/h4-5,10,17H,3,6-9,11H2,1-2H3. The van der Waals surface area contributed by atoms with Crippen molar-refractivity contribution >= 4 is 11.7 Å². The van der Waals surface area contributed by atoms with Gasteiger partial charge in [-0.15, -0.1) is 0 Å². The van der Waals surface area contributed by atoms with Crippen molar-refractivity contribution in [2.45, 2.75) is 19.8 Å². The van der Waals surface area contributed by atoms with Crippen molar-refractivity contribution in [3.05, 3.63) is 29.3 Å². The van der Waals surface area contributed by atoms with E-state index in [-0.39, 0.29) is 18.1 Å². The Balaban J connectivity index is 2.14. The van der Waals surface area contributed by atoms with Crippen LogP contribution in [0.2, 0.25) is 0 Å². The summed E-state index contributed by atoms with van der Waals surface area (Å²) >= 11 is 0. The zero-order valence-corrected chi connectivity index (χ0v) is 12.6. The highest BCUT2D eigenvalue weighted by molar-refractivity contribution is 5.94. The summed E-state index contributed by atoms with van der Waals surface area (Å²) in [6, 6.07) is 5.24. The lowest BCUT2D eigenvalue weighted by Crippen LogP contribution is -2.35. The fourth-order valence-corrected chi connectivity index (χ4v) is 2.51. The van der Waals surface area contributed by atoms with E-state index in [9.17, 15) is 9.59 Å². The predicted molar refractivity (Wildman–Crippen MR) is 80.8 cm³/mol. The van der Waals surface area contributed by atoms with E-state index in [0.29, 0.717) is 11.3 Å². The number of methoxy groups -OCH3 is 1. The lowest BCUT2D eigenvalue weighted by Gasteiger charge is -2.20. The number of hydrogen-bond donors (Lipinski definition) is 1. The van der Waals surface area contributed by atoms with Gasteiger partial charge in [-0.1, -0.05) is 0 Å². The van der Waals surface area contributed by atoms with Crippen LogP contribution in [0.15, 0.2) is 18.2 Å². The van der Waals surface area contributed by atoms with E-state index < -0.39 is 0 Å². The summed E-state index contributed by atoms with van der Waals surface area (Å²) in [6.07, 6.45) is 1.24. The molecule has 1 aromatic carbocycles. The van der Waals surface area contributed by atoms with Crippen molar-refractivity contribution in [1.29, 1.82) is 0 Å². The molecule has 1 heterocycles. The molecule has 114 valence electrons. The highest BCUT2D eigenvalue weighted by atomic mass is 16.5. The van der Waals surface area contributed by atoms with Gasteiger partial charge in [-0.3, -0.25) is 9.59 Å². The Labute approximate surface area is 125 Å². The van der Waals surface area contributed by atoms with Gasteiger partial charge < -0.3 is 15.0 Å². The molecule has 1 N–H and O–H groups in total. The van der Waals surface area contributed by atoms with Crippen LogP contribution in [0.1, 0.15) is 29.3 Å². The summed E-state index contributed by atoms with van der Waals surface area (Å²) in [6.45, 7) is 4.81. The molecule has 1 fully saturated rings. The SMILES string of the molecule is COc1ccc(C(C)=O)cc1CC(=O)N1CCCNCC1. The van der Waals surface area contributed by atoms with E-state index in [1.165, 1.54) is 6.92 Å². The monoisotopic (exact) mass is 290 g/mol. The van der Waals surface area contributed by atoms with Crippen molar-refractivity contribution in [3.63, 3.8) is 0 Å². The van der Waals surface area contributed by atoms with Crippen LogP contribution in [0.5, 0.6) is 5.75 Å². The molecule has 5 nitrogen and oxygen atoms in total. The van der Waals surface area contributed by atoms with Gasteiger partial charge in [0.2, 0.25) is 5.91 Å². The molecular weight excluding hydrogens is 268 g/mol. The van der Waals surface area contributed by atoms with E-state index in [0.717, 1.165) is 38.2 Å². The third-order valence-corrected chi connectivity index (χ3v) is 3.72. The summed E-state index contributed by atoms with van der Waals surface area (Å²) in [5, 5.41) is 3.28. The number of Topliss-reactive ketones (excluding diaryl/α,β-unsaturated/α-hetero) is 1. The topological polar surface area (TPSA) is 58.6 Å². The highest BCUT2D eigenvalue weighted by Crippen LogP contribution is 2.21. The van der Waals surface area contributed by atoms with Crippen LogP contribution < -0.4 is 10.1 Å². The molecule has 1 aliphatic rings. The maximum atomic E-state index is 12.4. The van der Waals surface area contributed by atoms with Gasteiger partial charge in [-0.2, -0.15) is 0 Å². The summed E-state index contributed by atoms with van der Waals surface area (Å²) in [5.41, 5.74) is 1.38. The number of benzene rings is 1. The molecule has 5 heteroatoms. The number of ketones is 1. The molecule has 0 aliphatic carbocycles. The number of nitrogens with zero attached hydrogens (tertiary/aromatic N) is 1. The van der Waals surface area contributed by atoms with E-state index >= 15 is 0 Å². The van der Waals surface area contributed by atoms with Crippen molar-refractivity contribution in [3.8, 4) is 5.75 Å². The van der Waals surface area contributed by atoms with E-state index in [2.05, 4.69) is 5.32 Å². The van der Waals surface area contributed by atoms with Crippen LogP contribution >= 0.6 is 0 Å². The van der Waals surface area contributed by atoms with Crippen molar-refractivity contribution in [1.82, 2.24) is 10.2 Å². The third-order valence-electron chi connectivity index (χ3n) is 3.72. The first-order valence-corrected chi connectivity index (χ1v) is 7.28. The van der Waals surface area contributed by atoms with E-state index in [1.54, 1.807) is 25.3 Å². The van der Waals surface area contributed by atoms with Gasteiger partial charge >= 0.3 is 0 Å². The second kappa shape index (κ2) is 7.22. The number of nitrogens with one attached hydrogen (secondary N) is 1. The van der Waals surface area contributed by atoms with Gasteiger partial charge in [-0.05, 0) is 38.1 Å². The minimum atomic E-state index is -0.00896. The van der Waals surface area contributed by atoms with Crippen LogP contribution in [0.25, 0.3) is 0 Å². The average molecular weight is 290 g/mol. The number of amides is 1. The second-order valence-corrected chi connectivity index (χ2v) is 5.24. The Morgan fingerprint density at radius 1 is 1.29 bits per heavy atom. The number of ether oxygens (including phenoxy) is 1. The zero-order chi connectivity index (χ0) is 15.2. The first-order valence-electron chi connectivity index (χ1n) is 7.28. The summed E-state index contributed by atoms with van der Waals surface area (Å²) in [5.74, 6) is 0.726. The molecular formula is C16H22N2O3. The molecule has 1 aromatic rings. The molecule has 0 spiro atoms. The van der Waals surface area contributed by atoms with E-state index in [1.807, 2.05) is 4.90 Å². The number of carbonyl (C=O) groups is 2. The minimum absolute atomic E-state index is 0.00896. The highest BCUT2D eigenvalue weighted by Gasteiger charge is 2.18. The maximum absolute atomic E-state index is 12.4. The fraction of sp³-hybridized carbons (Fsp3) is 0.500. The maximum Gasteiger partial charge on any atom is 0.227 e. The summed E-state index contributed by atoms with van der Waals surface area (Å²) in [4.78, 5) is 25.8. The molecule has 1 saturated heterocycles. The molecule has 0 radical (unpaired) electrons. The number of carbonyl (C=O) groups excluding carboxylic acids is 2. The van der Waals surface area contributed by atoms with Gasteiger partial charge in [-0.25, -0.2) is 0 Å². The van der Waals surface area contributed by atoms with Crippen molar-refractivity contribution in [2.24, 2.45) is 0 Å². The van der Waals surface area contributed by atoms with Gasteiger partial charge in [0, 0.05) is 30.8 Å². The van der Waals surface area contributed by atoms with Crippen molar-refractivity contribution < 1.29 is 14.3 Å². The molecule has 0 bridgehead atoms. The molecule has 0 unspecified atom stereocenters. The largest absolute Gasteiger partial charge is 0.496 e. The smallest absolute Gasteiger partial charge is 0.227 e. The zero-order valence-electron chi connectivity index (χ0n) is 12.6. The quantitative estimate of drug-likeness (QED) is 0.848. The Morgan fingerprint density at radius 3 is 2.81 bits per heavy atom. The van der Waals surface area contributed by atoms with Crippen molar-refractivity contribution in [2.75, 3.05) is 33.3 Å². The van der Waals surface area contributed by atoms with E-state index in [4.69, 9.17) is 4.74 Å². The third kappa shape index (κ3) is 4.04. The Bertz CT molecular complexity index is 520. The van der Waals surface area contributed by atoms with Gasteiger partial charge in [0.1, 0.15) is 5.75 Å². The van der Waals surface area contributed by atoms with Crippen LogP contribution in [-0.4, -0.2) is 49.9 Å². The molecule has 0 aromatic heterocycles. The Hall–Kier alpha value is -1.88. The summed E-state index contributed by atoms with van der Waals surface area (Å²) in [7, 11) is 1.58. The molecule has 1 amide bonds. The first-order chi connectivity index (χ1) is 10.1. The molecule has 0 atom stereocenters. The summed E-state index contributed by atoms with van der Waals surface area (Å²) < 4.78 is 5.30. The average Bonchev–Trinajstić information content (AvgIpc) is 2.76. The lowest BCUT2D eigenvalue weighted by molar-refractivity contribution is -0.130. The molecule has 21 heavy (non-hydrogen) atoms. The first kappa shape index (κ1) is 15.5. The number of rotatable bonds is 4. The van der Waals surface area contributed by atoms with Crippen LogP contribution in [0, 0.1) is 0 Å². The minimum Gasteiger partial charge on any atom is -0.496 e. The Kier molecular flexibility index (Phi) is 5.33. The fourth-order valence-electron chi connectivity index (χ4n) is 2.51. The molecule has 0 saturated carbocycles. The van der Waals surface area contributed by atoms with Crippen LogP contribution in [0.4, 0.5) is 0 Å². The second-order valence-electron chi connectivity index (χ2n) is 5.24. The van der Waals surface area contributed by atoms with Gasteiger partial charge in [0.05, 0.1) is 13.5 Å². The molecule has 2 rings (SSSR count). The normalized spacial score (nSPS) is 15.4. The Morgan fingerprint density at radius 2 is 2.10 bits per heavy atom.